The molecule has 0 amide bonds. The first-order chi connectivity index (χ1) is 18.5. The Morgan fingerprint density at radius 3 is 1.45 bits per heavy atom. The summed E-state index contributed by atoms with van der Waals surface area (Å²) in [4.78, 5) is 22.6. The van der Waals surface area contributed by atoms with E-state index < -0.39 is 0 Å². The summed E-state index contributed by atoms with van der Waals surface area (Å²) in [5.74, 6) is 0.760. The molecule has 2 heterocycles. The Morgan fingerprint density at radius 1 is 0.579 bits per heavy atom. The molecule has 206 valence electrons. The molecule has 3 aromatic rings. The van der Waals surface area contributed by atoms with Crippen LogP contribution in [0.15, 0.2) is 58.1 Å². The van der Waals surface area contributed by atoms with E-state index in [1.54, 1.807) is 14.1 Å². The minimum Gasteiger partial charge on any atom is -0.474 e. The Labute approximate surface area is 220 Å². The molecule has 12 nitrogen and oxygen atoms in total. The quantitative estimate of drug-likeness (QED) is 0.221. The molecule has 0 aliphatic rings. The number of hydrogen-bond donors (Lipinski definition) is 0. The van der Waals surface area contributed by atoms with Crippen molar-refractivity contribution in [3.8, 4) is 11.8 Å². The molecule has 0 radical (unpaired) electrons. The first kappa shape index (κ1) is 29.0. The molecule has 0 N–H and O–H groups in total. The van der Waals surface area contributed by atoms with Crippen LogP contribution in [0, 0.1) is 0 Å². The zero-order valence-electron chi connectivity index (χ0n) is 21.7. The number of ether oxygens (including phenoxy) is 6. The molecule has 38 heavy (non-hydrogen) atoms. The van der Waals surface area contributed by atoms with Gasteiger partial charge in [0.05, 0.1) is 52.9 Å². The Hall–Kier alpha value is -3.58. The number of hydrogen-bond acceptors (Lipinski definition) is 10. The van der Waals surface area contributed by atoms with E-state index in [0.717, 1.165) is 11.1 Å². The van der Waals surface area contributed by atoms with Crippen molar-refractivity contribution in [1.29, 1.82) is 0 Å². The summed E-state index contributed by atoms with van der Waals surface area (Å²) in [6.07, 6.45) is 0. The maximum Gasteiger partial charge on any atom is 0.266 e. The number of nitrogens with zero attached hydrogens (tertiary/aromatic N) is 4. The van der Waals surface area contributed by atoms with Crippen LogP contribution >= 0.6 is 0 Å². The highest BCUT2D eigenvalue weighted by molar-refractivity contribution is 5.22. The van der Waals surface area contributed by atoms with Crippen LogP contribution in [0.3, 0.4) is 0 Å². The fourth-order valence-electron chi connectivity index (χ4n) is 3.16. The summed E-state index contributed by atoms with van der Waals surface area (Å²) in [6, 6.07) is 13.9. The lowest BCUT2D eigenvalue weighted by atomic mass is 10.1. The van der Waals surface area contributed by atoms with Gasteiger partial charge >= 0.3 is 0 Å². The molecular formula is C26H34N4O8. The zero-order valence-corrected chi connectivity index (χ0v) is 21.7. The molecule has 0 atom stereocenters. The van der Waals surface area contributed by atoms with Gasteiger partial charge in [0.15, 0.2) is 0 Å². The number of rotatable bonds is 18. The van der Waals surface area contributed by atoms with E-state index in [-0.39, 0.29) is 11.1 Å². The van der Waals surface area contributed by atoms with Crippen molar-refractivity contribution < 1.29 is 28.4 Å². The van der Waals surface area contributed by atoms with Gasteiger partial charge in [0.2, 0.25) is 11.8 Å². The van der Waals surface area contributed by atoms with E-state index in [0.29, 0.717) is 77.8 Å². The number of benzene rings is 1. The molecule has 0 fully saturated rings. The maximum atomic E-state index is 11.3. The van der Waals surface area contributed by atoms with Gasteiger partial charge in [-0.25, -0.2) is 9.36 Å². The Balaban J connectivity index is 1.17. The summed E-state index contributed by atoms with van der Waals surface area (Å²) in [6.45, 7) is 4.20. The topological polar surface area (TPSA) is 125 Å². The van der Waals surface area contributed by atoms with E-state index in [4.69, 9.17) is 28.4 Å². The maximum absolute atomic E-state index is 11.3. The van der Waals surface area contributed by atoms with Crippen LogP contribution in [0.25, 0.3) is 0 Å². The van der Waals surface area contributed by atoms with Crippen LogP contribution in [-0.4, -0.2) is 72.4 Å². The van der Waals surface area contributed by atoms with Crippen LogP contribution in [0.2, 0.25) is 0 Å². The predicted molar refractivity (Wildman–Crippen MR) is 137 cm³/mol. The van der Waals surface area contributed by atoms with Gasteiger partial charge < -0.3 is 28.4 Å². The molecule has 12 heteroatoms. The summed E-state index contributed by atoms with van der Waals surface area (Å²) >= 11 is 0. The van der Waals surface area contributed by atoms with Gasteiger partial charge in [-0.05, 0) is 11.1 Å². The van der Waals surface area contributed by atoms with Gasteiger partial charge in [-0.15, -0.1) is 10.2 Å². The minimum absolute atomic E-state index is 0.189. The van der Waals surface area contributed by atoms with Crippen LogP contribution in [0.1, 0.15) is 11.1 Å². The van der Waals surface area contributed by atoms with Crippen molar-refractivity contribution >= 4 is 0 Å². The fourth-order valence-corrected chi connectivity index (χ4v) is 3.16. The second-order valence-electron chi connectivity index (χ2n) is 8.11. The van der Waals surface area contributed by atoms with Crippen LogP contribution in [0.5, 0.6) is 11.8 Å². The van der Waals surface area contributed by atoms with Gasteiger partial charge in [0.1, 0.15) is 13.2 Å². The summed E-state index contributed by atoms with van der Waals surface area (Å²) < 4.78 is 35.7. The van der Waals surface area contributed by atoms with Gasteiger partial charge in [-0.3, -0.25) is 9.59 Å². The smallest absolute Gasteiger partial charge is 0.266 e. The molecular weight excluding hydrogens is 496 g/mol. The average molecular weight is 531 g/mol. The van der Waals surface area contributed by atoms with Crippen molar-refractivity contribution in [2.75, 3.05) is 52.9 Å². The van der Waals surface area contributed by atoms with Gasteiger partial charge in [-0.1, -0.05) is 24.3 Å². The lowest BCUT2D eigenvalue weighted by Gasteiger charge is -2.09. The van der Waals surface area contributed by atoms with E-state index >= 15 is 0 Å². The fraction of sp³-hybridized carbons (Fsp3) is 0.462. The summed E-state index contributed by atoms with van der Waals surface area (Å²) in [7, 11) is 3.14. The van der Waals surface area contributed by atoms with Crippen molar-refractivity contribution in [1.82, 2.24) is 19.6 Å². The second kappa shape index (κ2) is 16.3. The van der Waals surface area contributed by atoms with Crippen molar-refractivity contribution in [2.45, 2.75) is 13.2 Å². The molecule has 2 aromatic heterocycles. The molecule has 1 aromatic carbocycles. The summed E-state index contributed by atoms with van der Waals surface area (Å²) in [5, 5.41) is 7.97. The highest BCUT2D eigenvalue weighted by Gasteiger charge is 2.01. The lowest BCUT2D eigenvalue weighted by Crippen LogP contribution is -2.19. The van der Waals surface area contributed by atoms with E-state index in [2.05, 4.69) is 10.2 Å². The van der Waals surface area contributed by atoms with Crippen LogP contribution in [-0.2, 0) is 46.3 Å². The molecule has 0 unspecified atom stereocenters. The van der Waals surface area contributed by atoms with Crippen molar-refractivity contribution in [3.05, 3.63) is 80.4 Å². The molecule has 0 bridgehead atoms. The standard InChI is InChI=1S/C26H34N4O8/c1-29-25(31)8-6-23(27-29)37-16-14-33-10-12-35-19-21-4-3-5-22(18-21)20-36-13-11-34-15-17-38-24-7-9-26(32)30(2)28-24/h3-9,18H,10-17,19-20H2,1-2H3. The SMILES string of the molecule is Cn1nc(OCCOCCOCc2cccc(COCCOCCOc3ccc(=O)n(C)n3)c2)ccc1=O. The van der Waals surface area contributed by atoms with Gasteiger partial charge in [0, 0.05) is 38.4 Å². The molecule has 0 spiro atoms. The van der Waals surface area contributed by atoms with Crippen molar-refractivity contribution in [3.63, 3.8) is 0 Å². The molecule has 0 saturated heterocycles. The number of aryl methyl sites for hydroxylation is 2. The number of aromatic nitrogens is 4. The normalized spacial score (nSPS) is 11.0. The summed E-state index contributed by atoms with van der Waals surface area (Å²) in [5.41, 5.74) is 1.73. The lowest BCUT2D eigenvalue weighted by molar-refractivity contribution is 0.0283. The third kappa shape index (κ3) is 10.8. The molecule has 0 aliphatic heterocycles. The van der Waals surface area contributed by atoms with E-state index in [9.17, 15) is 9.59 Å². The largest absolute Gasteiger partial charge is 0.474 e. The minimum atomic E-state index is -0.189. The van der Waals surface area contributed by atoms with E-state index in [1.807, 2.05) is 24.3 Å². The Kier molecular flexibility index (Phi) is 12.4. The van der Waals surface area contributed by atoms with Crippen LogP contribution < -0.4 is 20.6 Å². The van der Waals surface area contributed by atoms with Gasteiger partial charge in [0.25, 0.3) is 11.1 Å². The molecule has 3 rings (SSSR count). The third-order valence-electron chi connectivity index (χ3n) is 5.10. The second-order valence-corrected chi connectivity index (χ2v) is 8.11. The first-order valence-electron chi connectivity index (χ1n) is 12.2. The third-order valence-corrected chi connectivity index (χ3v) is 5.10. The highest BCUT2D eigenvalue weighted by atomic mass is 16.6. The van der Waals surface area contributed by atoms with E-state index in [1.165, 1.54) is 33.6 Å². The highest BCUT2D eigenvalue weighted by Crippen LogP contribution is 2.08. The van der Waals surface area contributed by atoms with Crippen LogP contribution in [0.4, 0.5) is 0 Å². The predicted octanol–water partition coefficient (Wildman–Crippen LogP) is 1.10. The van der Waals surface area contributed by atoms with Gasteiger partial charge in [-0.2, -0.15) is 0 Å². The average Bonchev–Trinajstić information content (AvgIpc) is 2.91. The molecule has 0 aliphatic carbocycles. The Morgan fingerprint density at radius 2 is 1.00 bits per heavy atom. The zero-order chi connectivity index (χ0) is 27.0. The first-order valence-corrected chi connectivity index (χ1v) is 12.2. The molecule has 0 saturated carbocycles. The van der Waals surface area contributed by atoms with Crippen molar-refractivity contribution in [2.24, 2.45) is 14.1 Å². The Bertz CT molecular complexity index is 1140. The monoisotopic (exact) mass is 530 g/mol.